The number of hydrogen-bond donors (Lipinski definition) is 1. The molecule has 0 fully saturated rings. The largest absolute Gasteiger partial charge is 0.469 e. The summed E-state index contributed by atoms with van der Waals surface area (Å²) in [5, 5.41) is 2.83. The van der Waals surface area contributed by atoms with Crippen molar-refractivity contribution in [1.29, 1.82) is 0 Å². The number of carbonyl (C=O) groups is 3. The summed E-state index contributed by atoms with van der Waals surface area (Å²) >= 11 is 0. The highest BCUT2D eigenvalue weighted by molar-refractivity contribution is 5.98. The van der Waals surface area contributed by atoms with Crippen molar-refractivity contribution in [3.63, 3.8) is 0 Å². The zero-order valence-electron chi connectivity index (χ0n) is 16.0. The molecule has 1 N–H and O–H groups in total. The molecule has 5 heteroatoms. The Hall–Kier alpha value is -2.95. The van der Waals surface area contributed by atoms with Crippen LogP contribution in [0.3, 0.4) is 0 Å². The van der Waals surface area contributed by atoms with Crippen LogP contribution in [0.2, 0.25) is 0 Å². The molecular weight excluding hydrogens is 342 g/mol. The van der Waals surface area contributed by atoms with E-state index in [9.17, 15) is 14.4 Å². The van der Waals surface area contributed by atoms with Gasteiger partial charge >= 0.3 is 5.97 Å². The van der Waals surface area contributed by atoms with Gasteiger partial charge in [0, 0.05) is 18.4 Å². The van der Waals surface area contributed by atoms with Crippen molar-refractivity contribution in [3.05, 3.63) is 70.8 Å². The fourth-order valence-electron chi connectivity index (χ4n) is 2.74. The van der Waals surface area contributed by atoms with Gasteiger partial charge in [-0.3, -0.25) is 14.4 Å². The second kappa shape index (κ2) is 9.67. The van der Waals surface area contributed by atoms with E-state index in [0.717, 1.165) is 16.7 Å². The molecule has 0 aromatic heterocycles. The Kier molecular flexibility index (Phi) is 7.29. The van der Waals surface area contributed by atoms with Crippen LogP contribution in [-0.4, -0.2) is 24.8 Å². The Morgan fingerprint density at radius 3 is 2.30 bits per heavy atom. The molecule has 0 aliphatic heterocycles. The number of aryl methyl sites for hydroxylation is 2. The molecule has 1 unspecified atom stereocenters. The monoisotopic (exact) mass is 367 g/mol. The number of rotatable bonds is 8. The first kappa shape index (κ1) is 20.4. The van der Waals surface area contributed by atoms with Gasteiger partial charge in [0.2, 0.25) is 5.91 Å². The Labute approximate surface area is 159 Å². The van der Waals surface area contributed by atoms with Gasteiger partial charge < -0.3 is 10.1 Å². The van der Waals surface area contributed by atoms with Gasteiger partial charge in [-0.1, -0.05) is 42.5 Å². The molecule has 2 aromatic carbocycles. The van der Waals surface area contributed by atoms with Gasteiger partial charge in [0.1, 0.15) is 0 Å². The standard InChI is InChI=1S/C22H25NO4/c1-15-9-10-18(13-16(15)2)20(24)11-12-21(25)23-19(14-22(26)27-3)17-7-5-4-6-8-17/h4-10,13,19H,11-12,14H2,1-3H3,(H,23,25). The van der Waals surface area contributed by atoms with Gasteiger partial charge in [-0.2, -0.15) is 0 Å². The zero-order chi connectivity index (χ0) is 19.8. The normalized spacial score (nSPS) is 11.5. The minimum atomic E-state index is -0.483. The summed E-state index contributed by atoms with van der Waals surface area (Å²) in [4.78, 5) is 36.3. The van der Waals surface area contributed by atoms with Gasteiger partial charge in [0.15, 0.2) is 5.78 Å². The number of amides is 1. The van der Waals surface area contributed by atoms with E-state index in [-0.39, 0.29) is 31.0 Å². The maximum Gasteiger partial charge on any atom is 0.307 e. The van der Waals surface area contributed by atoms with E-state index < -0.39 is 12.0 Å². The predicted octanol–water partition coefficient (Wildman–Crippen LogP) is 3.69. The number of carbonyl (C=O) groups excluding carboxylic acids is 3. The first-order chi connectivity index (χ1) is 12.9. The molecule has 1 amide bonds. The van der Waals surface area contributed by atoms with Crippen LogP contribution in [0.5, 0.6) is 0 Å². The molecule has 0 bridgehead atoms. The molecule has 0 spiro atoms. The lowest BCUT2D eigenvalue weighted by atomic mass is 10.0. The van der Waals surface area contributed by atoms with Crippen LogP contribution in [0.15, 0.2) is 48.5 Å². The lowest BCUT2D eigenvalue weighted by molar-refractivity contribution is -0.141. The lowest BCUT2D eigenvalue weighted by Gasteiger charge is -2.18. The van der Waals surface area contributed by atoms with E-state index in [0.29, 0.717) is 5.56 Å². The van der Waals surface area contributed by atoms with Gasteiger partial charge in [0.05, 0.1) is 19.6 Å². The summed E-state index contributed by atoms with van der Waals surface area (Å²) in [6.07, 6.45) is 0.224. The summed E-state index contributed by atoms with van der Waals surface area (Å²) in [7, 11) is 1.31. The van der Waals surface area contributed by atoms with Crippen molar-refractivity contribution < 1.29 is 19.1 Å². The Morgan fingerprint density at radius 1 is 0.963 bits per heavy atom. The fourth-order valence-corrected chi connectivity index (χ4v) is 2.74. The minimum Gasteiger partial charge on any atom is -0.469 e. The first-order valence-electron chi connectivity index (χ1n) is 8.92. The van der Waals surface area contributed by atoms with Gasteiger partial charge in [0.25, 0.3) is 0 Å². The quantitative estimate of drug-likeness (QED) is 0.570. The van der Waals surface area contributed by atoms with Crippen molar-refractivity contribution in [2.24, 2.45) is 0 Å². The molecule has 0 saturated heterocycles. The number of ketones is 1. The van der Waals surface area contributed by atoms with E-state index in [1.807, 2.05) is 56.3 Å². The molecule has 142 valence electrons. The van der Waals surface area contributed by atoms with Crippen molar-refractivity contribution in [2.45, 2.75) is 39.2 Å². The third-order valence-electron chi connectivity index (χ3n) is 4.54. The van der Waals surface area contributed by atoms with E-state index in [1.54, 1.807) is 6.07 Å². The number of Topliss-reactive ketones (excluding diaryl/α,β-unsaturated/α-hetero) is 1. The van der Waals surface area contributed by atoms with Crippen molar-refractivity contribution >= 4 is 17.7 Å². The number of hydrogen-bond acceptors (Lipinski definition) is 4. The summed E-state index contributed by atoms with van der Waals surface area (Å²) in [6, 6.07) is 14.3. The minimum absolute atomic E-state index is 0.0390. The molecule has 5 nitrogen and oxygen atoms in total. The van der Waals surface area contributed by atoms with Crippen molar-refractivity contribution in [3.8, 4) is 0 Å². The molecule has 0 aliphatic rings. The number of nitrogens with one attached hydrogen (secondary N) is 1. The van der Waals surface area contributed by atoms with Crippen LogP contribution in [0.1, 0.15) is 52.4 Å². The molecule has 2 aromatic rings. The average molecular weight is 367 g/mol. The molecule has 0 saturated carbocycles. The van der Waals surface area contributed by atoms with E-state index >= 15 is 0 Å². The van der Waals surface area contributed by atoms with Crippen molar-refractivity contribution in [1.82, 2.24) is 5.32 Å². The first-order valence-corrected chi connectivity index (χ1v) is 8.92. The number of esters is 1. The maximum absolute atomic E-state index is 12.3. The lowest BCUT2D eigenvalue weighted by Crippen LogP contribution is -2.30. The number of methoxy groups -OCH3 is 1. The highest BCUT2D eigenvalue weighted by Crippen LogP contribution is 2.18. The Bertz CT molecular complexity index is 814. The molecule has 2 rings (SSSR count). The van der Waals surface area contributed by atoms with Gasteiger partial charge in [-0.15, -0.1) is 0 Å². The topological polar surface area (TPSA) is 72.5 Å². The molecule has 0 heterocycles. The summed E-state index contributed by atoms with van der Waals surface area (Å²) in [6.45, 7) is 3.94. The average Bonchev–Trinajstić information content (AvgIpc) is 2.68. The number of benzene rings is 2. The number of ether oxygens (including phenoxy) is 1. The third-order valence-corrected chi connectivity index (χ3v) is 4.54. The fraction of sp³-hybridized carbons (Fsp3) is 0.318. The second-order valence-corrected chi connectivity index (χ2v) is 6.53. The van der Waals surface area contributed by atoms with Crippen molar-refractivity contribution in [2.75, 3.05) is 7.11 Å². The smallest absolute Gasteiger partial charge is 0.307 e. The van der Waals surface area contributed by atoms with Gasteiger partial charge in [-0.05, 0) is 36.6 Å². The molecular formula is C22H25NO4. The summed E-state index contributed by atoms with van der Waals surface area (Å²) < 4.78 is 4.72. The van der Waals surface area contributed by atoms with Gasteiger partial charge in [-0.25, -0.2) is 0 Å². The van der Waals surface area contributed by atoms with Crippen LogP contribution in [0.4, 0.5) is 0 Å². The molecule has 1 atom stereocenters. The highest BCUT2D eigenvalue weighted by atomic mass is 16.5. The van der Waals surface area contributed by atoms with E-state index in [4.69, 9.17) is 4.74 Å². The predicted molar refractivity (Wildman–Crippen MR) is 103 cm³/mol. The highest BCUT2D eigenvalue weighted by Gasteiger charge is 2.19. The maximum atomic E-state index is 12.3. The second-order valence-electron chi connectivity index (χ2n) is 6.53. The van der Waals surface area contributed by atoms with Crippen LogP contribution < -0.4 is 5.32 Å². The summed E-state index contributed by atoms with van der Waals surface area (Å²) in [5.41, 5.74) is 3.60. The van der Waals surface area contributed by atoms with Crippen LogP contribution in [0.25, 0.3) is 0 Å². The molecule has 0 aliphatic carbocycles. The van der Waals surface area contributed by atoms with Crippen LogP contribution in [0, 0.1) is 13.8 Å². The Morgan fingerprint density at radius 2 is 1.67 bits per heavy atom. The Balaban J connectivity index is 1.97. The van der Waals surface area contributed by atoms with Crippen LogP contribution in [-0.2, 0) is 14.3 Å². The zero-order valence-corrected chi connectivity index (χ0v) is 16.0. The third kappa shape index (κ3) is 6.06. The van der Waals surface area contributed by atoms with E-state index in [2.05, 4.69) is 5.32 Å². The molecule has 0 radical (unpaired) electrons. The van der Waals surface area contributed by atoms with E-state index in [1.165, 1.54) is 7.11 Å². The SMILES string of the molecule is COC(=O)CC(NC(=O)CCC(=O)c1ccc(C)c(C)c1)c1ccccc1. The summed E-state index contributed by atoms with van der Waals surface area (Å²) in [5.74, 6) is -0.752. The van der Waals surface area contributed by atoms with Crippen LogP contribution >= 0.6 is 0 Å². The molecule has 27 heavy (non-hydrogen) atoms.